The molecule has 24 heavy (non-hydrogen) atoms. The van der Waals surface area contributed by atoms with E-state index in [2.05, 4.69) is 0 Å². The Morgan fingerprint density at radius 1 is 0.750 bits per heavy atom. The van der Waals surface area contributed by atoms with Crippen LogP contribution in [-0.2, 0) is 22.2 Å². The van der Waals surface area contributed by atoms with Crippen LogP contribution in [0.1, 0.15) is 12.8 Å². The molecule has 0 saturated carbocycles. The third-order valence-corrected chi connectivity index (χ3v) is 8.71. The van der Waals surface area contributed by atoms with Crippen molar-refractivity contribution in [3.05, 3.63) is 0 Å². The second kappa shape index (κ2) is 22.8. The minimum atomic E-state index is -2.00. The minimum absolute atomic E-state index is 0. The fourth-order valence-electron chi connectivity index (χ4n) is 1.12. The van der Waals surface area contributed by atoms with E-state index >= 15 is 0 Å². The fraction of sp³-hybridized carbons (Fsp3) is 1.00. The van der Waals surface area contributed by atoms with E-state index in [1.807, 2.05) is 0 Å². The largest absolute Gasteiger partial charge is 1.00 e. The molecule has 2 unspecified atom stereocenters. The zero-order valence-corrected chi connectivity index (χ0v) is 22.9. The summed E-state index contributed by atoms with van der Waals surface area (Å²) in [6.07, 6.45) is 1.00. The van der Waals surface area contributed by atoms with Crippen LogP contribution in [0.25, 0.3) is 0 Å². The Morgan fingerprint density at radius 3 is 1.38 bits per heavy atom. The SMILES string of the molecule is N[C@@H](CCS(=O)[O-])CSSCCSSC[C@@H](N)CCS(=O)[O-].[Na+].[Na+]. The van der Waals surface area contributed by atoms with Crippen LogP contribution in [0.4, 0.5) is 0 Å². The van der Waals surface area contributed by atoms with E-state index in [9.17, 15) is 17.5 Å². The van der Waals surface area contributed by atoms with Crippen molar-refractivity contribution >= 4 is 65.3 Å². The van der Waals surface area contributed by atoms with Gasteiger partial charge in [0, 0.05) is 46.6 Å². The van der Waals surface area contributed by atoms with E-state index in [1.165, 1.54) is 0 Å². The van der Waals surface area contributed by atoms with E-state index in [-0.39, 0.29) is 82.7 Å². The van der Waals surface area contributed by atoms with Gasteiger partial charge in [-0.2, -0.15) is 0 Å². The van der Waals surface area contributed by atoms with Crippen LogP contribution in [-0.4, -0.2) is 64.1 Å². The third kappa shape index (κ3) is 25.5. The maximum Gasteiger partial charge on any atom is 1.00 e. The van der Waals surface area contributed by atoms with Crippen molar-refractivity contribution in [1.29, 1.82) is 0 Å². The van der Waals surface area contributed by atoms with Crippen molar-refractivity contribution in [3.8, 4) is 0 Å². The molecule has 0 aromatic rings. The van der Waals surface area contributed by atoms with Crippen molar-refractivity contribution in [1.82, 2.24) is 0 Å². The van der Waals surface area contributed by atoms with E-state index in [1.54, 1.807) is 43.2 Å². The first-order valence-corrected chi connectivity index (χ1v) is 14.0. The van der Waals surface area contributed by atoms with Gasteiger partial charge in [0.15, 0.2) is 0 Å². The Kier molecular flexibility index (Phi) is 30.6. The normalized spacial score (nSPS) is 15.7. The molecule has 0 amide bonds. The van der Waals surface area contributed by atoms with Gasteiger partial charge in [-0.05, 0) is 12.8 Å². The summed E-state index contributed by atoms with van der Waals surface area (Å²) < 4.78 is 41.6. The molecular weight excluding hydrogens is 451 g/mol. The van der Waals surface area contributed by atoms with E-state index in [0.717, 1.165) is 23.0 Å². The van der Waals surface area contributed by atoms with Gasteiger partial charge in [0.05, 0.1) is 0 Å². The van der Waals surface area contributed by atoms with Crippen molar-refractivity contribution in [3.63, 3.8) is 0 Å². The van der Waals surface area contributed by atoms with Gasteiger partial charge in [-0.1, -0.05) is 65.3 Å². The van der Waals surface area contributed by atoms with E-state index in [4.69, 9.17) is 11.5 Å². The van der Waals surface area contributed by atoms with Gasteiger partial charge in [0.1, 0.15) is 0 Å². The summed E-state index contributed by atoms with van der Waals surface area (Å²) in [5.41, 5.74) is 11.6. The van der Waals surface area contributed by atoms with Gasteiger partial charge in [-0.15, -0.1) is 0 Å². The van der Waals surface area contributed by atoms with Gasteiger partial charge in [0.2, 0.25) is 0 Å². The second-order valence-electron chi connectivity index (χ2n) is 4.33. The van der Waals surface area contributed by atoms with Gasteiger partial charge < -0.3 is 20.6 Å². The molecular formula is C10H22N2Na2O4S6. The van der Waals surface area contributed by atoms with Crippen LogP contribution in [0.3, 0.4) is 0 Å². The first-order valence-electron chi connectivity index (χ1n) is 6.53. The molecule has 0 saturated heterocycles. The van der Waals surface area contributed by atoms with Gasteiger partial charge >= 0.3 is 59.1 Å². The van der Waals surface area contributed by atoms with Crippen molar-refractivity contribution in [2.24, 2.45) is 11.5 Å². The number of hydrogen-bond donors (Lipinski definition) is 2. The topological polar surface area (TPSA) is 132 Å². The van der Waals surface area contributed by atoms with Gasteiger partial charge in [-0.25, -0.2) is 0 Å². The first kappa shape index (κ1) is 32.2. The minimum Gasteiger partial charge on any atom is -0.772 e. The molecule has 14 heteroatoms. The Labute approximate surface area is 210 Å². The Balaban J connectivity index is -0.00000220. The molecule has 6 nitrogen and oxygen atoms in total. The summed E-state index contributed by atoms with van der Waals surface area (Å²) in [5, 5.41) is 0. The fourth-order valence-corrected chi connectivity index (χ4v) is 7.32. The van der Waals surface area contributed by atoms with Crippen LogP contribution in [0.2, 0.25) is 0 Å². The molecule has 0 radical (unpaired) electrons. The molecule has 4 atom stereocenters. The molecule has 134 valence electrons. The van der Waals surface area contributed by atoms with Crippen LogP contribution < -0.4 is 70.6 Å². The first-order chi connectivity index (χ1) is 10.4. The molecule has 0 fully saturated rings. The van der Waals surface area contributed by atoms with Crippen LogP contribution in [0.5, 0.6) is 0 Å². The van der Waals surface area contributed by atoms with Crippen LogP contribution in [0.15, 0.2) is 0 Å². The predicted molar refractivity (Wildman–Crippen MR) is 103 cm³/mol. The molecule has 0 aromatic heterocycles. The Hall–Kier alpha value is 3.54. The Bertz CT molecular complexity index is 306. The van der Waals surface area contributed by atoms with Crippen molar-refractivity contribution in [2.45, 2.75) is 24.9 Å². The summed E-state index contributed by atoms with van der Waals surface area (Å²) in [6, 6.07) is -0.163. The zero-order chi connectivity index (χ0) is 16.8. The maximum atomic E-state index is 10.4. The summed E-state index contributed by atoms with van der Waals surface area (Å²) in [6.45, 7) is 0. The molecule has 0 aliphatic heterocycles. The Morgan fingerprint density at radius 2 is 1.08 bits per heavy atom. The number of hydrogen-bond acceptors (Lipinski definition) is 10. The zero-order valence-electron chi connectivity index (χ0n) is 14.0. The molecule has 0 heterocycles. The van der Waals surface area contributed by atoms with Gasteiger partial charge in [-0.3, -0.25) is 8.42 Å². The molecule has 0 bridgehead atoms. The van der Waals surface area contributed by atoms with Gasteiger partial charge in [0.25, 0.3) is 0 Å². The third-order valence-electron chi connectivity index (χ3n) is 2.29. The number of nitrogens with two attached hydrogens (primary N) is 2. The summed E-state index contributed by atoms with van der Waals surface area (Å²) in [4.78, 5) is 0. The molecule has 0 aliphatic carbocycles. The maximum absolute atomic E-state index is 10.4. The van der Waals surface area contributed by atoms with E-state index < -0.39 is 22.2 Å². The average molecular weight is 473 g/mol. The van der Waals surface area contributed by atoms with E-state index in [0.29, 0.717) is 12.8 Å². The molecule has 4 N–H and O–H groups in total. The summed E-state index contributed by atoms with van der Waals surface area (Å²) >= 11 is -4.01. The van der Waals surface area contributed by atoms with Crippen molar-refractivity contribution < 1.29 is 76.6 Å². The van der Waals surface area contributed by atoms with Crippen LogP contribution in [0, 0.1) is 0 Å². The molecule has 0 spiro atoms. The summed E-state index contributed by atoms with van der Waals surface area (Å²) in [5.74, 6) is 3.69. The average Bonchev–Trinajstić information content (AvgIpc) is 2.45. The standard InChI is InChI=1S/C10H24N2O4S6.2Na/c11-9(1-5-21(13)14)7-19-17-3-4-18-20-8-10(12)2-6-22(15)16;;/h9-10H,1-8,11-12H2,(H,13,14)(H,15,16);;/q;2*+1/p-2/t9-,10-;;/m0../s1. The molecule has 0 aliphatic rings. The monoisotopic (exact) mass is 472 g/mol. The smallest absolute Gasteiger partial charge is 0.772 e. The van der Waals surface area contributed by atoms with Crippen LogP contribution >= 0.6 is 43.2 Å². The summed E-state index contributed by atoms with van der Waals surface area (Å²) in [7, 11) is 6.78. The second-order valence-corrected chi connectivity index (χ2v) is 11.6. The quantitative estimate of drug-likeness (QED) is 0.103. The molecule has 0 aromatic carbocycles. The van der Waals surface area contributed by atoms with Crippen molar-refractivity contribution in [2.75, 3.05) is 34.5 Å². The number of rotatable bonds is 15. The molecule has 0 rings (SSSR count). The predicted octanol–water partition coefficient (Wildman–Crippen LogP) is -5.05.